The van der Waals surface area contributed by atoms with Crippen LogP contribution < -0.4 is 4.74 Å². The van der Waals surface area contributed by atoms with Gasteiger partial charge in [-0.05, 0) is 24.3 Å². The van der Waals surface area contributed by atoms with Crippen LogP contribution in [0.15, 0.2) is 84.9 Å². The molecule has 4 rings (SSSR count). The summed E-state index contributed by atoms with van der Waals surface area (Å²) in [5.74, 6) is 0.942. The van der Waals surface area contributed by atoms with Gasteiger partial charge in [0.15, 0.2) is 0 Å². The second-order valence-corrected chi connectivity index (χ2v) is 7.75. The Morgan fingerprint density at radius 2 is 0.970 bits per heavy atom. The number of nitrogens with zero attached hydrogens (tertiary/aromatic N) is 2. The summed E-state index contributed by atoms with van der Waals surface area (Å²) in [5, 5.41) is 22.5. The number of hydrogen-bond donors (Lipinski definition) is 0. The first kappa shape index (κ1) is 22.3. The van der Waals surface area contributed by atoms with Crippen molar-refractivity contribution in [3.63, 3.8) is 0 Å². The fourth-order valence-electron chi connectivity index (χ4n) is 3.35. The number of halogens is 2. The summed E-state index contributed by atoms with van der Waals surface area (Å²) in [4.78, 5) is 21.1. The SMILES string of the molecule is O=[N+]([O-])c1ccc(-c2ccccc2Oc2ccccc2-c2ccc([N+](=O)[O-])cc2Cl)c(Cl)c1. The van der Waals surface area contributed by atoms with Crippen LogP contribution in [-0.4, -0.2) is 9.85 Å². The minimum atomic E-state index is -0.512. The van der Waals surface area contributed by atoms with Crippen molar-refractivity contribution in [2.45, 2.75) is 0 Å². The topological polar surface area (TPSA) is 95.5 Å². The molecule has 0 fully saturated rings. The van der Waals surface area contributed by atoms with Gasteiger partial charge in [-0.1, -0.05) is 59.6 Å². The molecule has 33 heavy (non-hydrogen) atoms. The highest BCUT2D eigenvalue weighted by Gasteiger charge is 2.17. The maximum Gasteiger partial charge on any atom is 0.270 e. The lowest BCUT2D eigenvalue weighted by Crippen LogP contribution is -1.93. The predicted molar refractivity (Wildman–Crippen MR) is 127 cm³/mol. The van der Waals surface area contributed by atoms with E-state index in [1.54, 1.807) is 60.7 Å². The lowest BCUT2D eigenvalue weighted by Gasteiger charge is -2.16. The van der Waals surface area contributed by atoms with E-state index in [1.165, 1.54) is 24.3 Å². The van der Waals surface area contributed by atoms with Gasteiger partial charge >= 0.3 is 0 Å². The molecule has 0 atom stereocenters. The van der Waals surface area contributed by atoms with E-state index in [2.05, 4.69) is 0 Å². The Hall–Kier alpha value is -3.94. The van der Waals surface area contributed by atoms with Gasteiger partial charge in [-0.2, -0.15) is 0 Å². The molecule has 0 aliphatic carbocycles. The van der Waals surface area contributed by atoms with Crippen LogP contribution in [0.1, 0.15) is 0 Å². The fourth-order valence-corrected chi connectivity index (χ4v) is 3.90. The normalized spacial score (nSPS) is 10.6. The van der Waals surface area contributed by atoms with Crippen molar-refractivity contribution in [3.8, 4) is 33.8 Å². The lowest BCUT2D eigenvalue weighted by atomic mass is 10.0. The van der Waals surface area contributed by atoms with E-state index in [0.717, 1.165) is 0 Å². The van der Waals surface area contributed by atoms with E-state index >= 15 is 0 Å². The molecule has 0 bridgehead atoms. The molecule has 7 nitrogen and oxygen atoms in total. The summed E-state index contributed by atoms with van der Waals surface area (Å²) in [6.07, 6.45) is 0. The minimum Gasteiger partial charge on any atom is -0.456 e. The van der Waals surface area contributed by atoms with Gasteiger partial charge in [-0.15, -0.1) is 0 Å². The van der Waals surface area contributed by atoms with Gasteiger partial charge in [0.2, 0.25) is 0 Å². The Morgan fingerprint density at radius 1 is 0.576 bits per heavy atom. The summed E-state index contributed by atoms with van der Waals surface area (Å²) >= 11 is 12.7. The minimum absolute atomic E-state index is 0.111. The fraction of sp³-hybridized carbons (Fsp3) is 0. The largest absolute Gasteiger partial charge is 0.456 e. The van der Waals surface area contributed by atoms with Gasteiger partial charge in [0.05, 0.1) is 19.9 Å². The van der Waals surface area contributed by atoms with E-state index in [1.807, 2.05) is 0 Å². The summed E-state index contributed by atoms with van der Waals surface area (Å²) in [7, 11) is 0. The molecule has 0 heterocycles. The molecular formula is C24H14Cl2N2O5. The second-order valence-electron chi connectivity index (χ2n) is 6.94. The third-order valence-electron chi connectivity index (χ3n) is 4.90. The number of nitro benzene ring substituents is 2. The molecule has 0 unspecified atom stereocenters. The number of ether oxygens (including phenoxy) is 1. The van der Waals surface area contributed by atoms with Crippen molar-refractivity contribution >= 4 is 34.6 Å². The smallest absolute Gasteiger partial charge is 0.270 e. The summed E-state index contributed by atoms with van der Waals surface area (Å²) in [5.41, 5.74) is 2.21. The molecule has 0 radical (unpaired) electrons. The van der Waals surface area contributed by atoms with Gasteiger partial charge < -0.3 is 4.74 Å². The third-order valence-corrected chi connectivity index (χ3v) is 5.53. The van der Waals surface area contributed by atoms with Crippen LogP contribution >= 0.6 is 23.2 Å². The van der Waals surface area contributed by atoms with Crippen LogP contribution in [0.5, 0.6) is 11.5 Å². The molecule has 0 aromatic heterocycles. The molecule has 0 N–H and O–H groups in total. The second kappa shape index (κ2) is 9.28. The molecule has 0 spiro atoms. The van der Waals surface area contributed by atoms with Crippen LogP contribution in [-0.2, 0) is 0 Å². The molecule has 0 aliphatic rings. The number of para-hydroxylation sites is 2. The number of benzene rings is 4. The molecule has 0 aliphatic heterocycles. The lowest BCUT2D eigenvalue weighted by molar-refractivity contribution is -0.385. The van der Waals surface area contributed by atoms with Crippen molar-refractivity contribution in [2.24, 2.45) is 0 Å². The molecule has 4 aromatic carbocycles. The van der Waals surface area contributed by atoms with Gasteiger partial charge in [0.25, 0.3) is 11.4 Å². The average Bonchev–Trinajstić information content (AvgIpc) is 2.80. The first-order chi connectivity index (χ1) is 15.8. The van der Waals surface area contributed by atoms with E-state index in [-0.39, 0.29) is 21.4 Å². The van der Waals surface area contributed by atoms with Gasteiger partial charge in [0.1, 0.15) is 11.5 Å². The van der Waals surface area contributed by atoms with E-state index in [4.69, 9.17) is 27.9 Å². The first-order valence-corrected chi connectivity index (χ1v) is 10.4. The zero-order chi connectivity index (χ0) is 23.5. The van der Waals surface area contributed by atoms with E-state index in [0.29, 0.717) is 33.8 Å². The highest BCUT2D eigenvalue weighted by molar-refractivity contribution is 6.34. The van der Waals surface area contributed by atoms with Crippen molar-refractivity contribution in [3.05, 3.63) is 115 Å². The predicted octanol–water partition coefficient (Wildman–Crippen LogP) is 7.94. The third kappa shape index (κ3) is 4.64. The van der Waals surface area contributed by atoms with Gasteiger partial charge in [0, 0.05) is 46.5 Å². The Labute approximate surface area is 198 Å². The number of non-ortho nitro benzene ring substituents is 2. The van der Waals surface area contributed by atoms with Crippen LogP contribution in [0.3, 0.4) is 0 Å². The molecule has 9 heteroatoms. The van der Waals surface area contributed by atoms with Crippen molar-refractivity contribution in [2.75, 3.05) is 0 Å². The van der Waals surface area contributed by atoms with Gasteiger partial charge in [-0.3, -0.25) is 20.2 Å². The molecule has 164 valence electrons. The molecular weight excluding hydrogens is 467 g/mol. The van der Waals surface area contributed by atoms with Gasteiger partial charge in [-0.25, -0.2) is 0 Å². The van der Waals surface area contributed by atoms with Crippen LogP contribution in [0, 0.1) is 20.2 Å². The molecule has 0 amide bonds. The van der Waals surface area contributed by atoms with Crippen LogP contribution in [0.4, 0.5) is 11.4 Å². The summed E-state index contributed by atoms with van der Waals surface area (Å²) in [6.45, 7) is 0. The number of hydrogen-bond acceptors (Lipinski definition) is 5. The monoisotopic (exact) mass is 480 g/mol. The Balaban J connectivity index is 1.76. The Kier molecular flexibility index (Phi) is 6.26. The zero-order valence-electron chi connectivity index (χ0n) is 16.8. The highest BCUT2D eigenvalue weighted by Crippen LogP contribution is 2.42. The Bertz CT molecular complexity index is 1290. The zero-order valence-corrected chi connectivity index (χ0v) is 18.3. The molecule has 0 saturated carbocycles. The quantitative estimate of drug-likeness (QED) is 0.206. The van der Waals surface area contributed by atoms with Crippen LogP contribution in [0.25, 0.3) is 22.3 Å². The van der Waals surface area contributed by atoms with Crippen molar-refractivity contribution < 1.29 is 14.6 Å². The first-order valence-electron chi connectivity index (χ1n) is 9.59. The van der Waals surface area contributed by atoms with E-state index in [9.17, 15) is 20.2 Å². The van der Waals surface area contributed by atoms with E-state index < -0.39 is 9.85 Å². The number of rotatable bonds is 6. The average molecular weight is 481 g/mol. The Morgan fingerprint density at radius 3 is 1.33 bits per heavy atom. The van der Waals surface area contributed by atoms with Crippen molar-refractivity contribution in [1.82, 2.24) is 0 Å². The van der Waals surface area contributed by atoms with Crippen LogP contribution in [0.2, 0.25) is 10.0 Å². The standard InChI is InChI=1S/C24H14Cl2N2O5/c25-21-13-15(27(29)30)9-11-17(21)19-5-1-3-7-23(19)33-24-8-4-2-6-20(24)18-12-10-16(28(31)32)14-22(18)26/h1-14H. The maximum atomic E-state index is 11.0. The number of nitro groups is 2. The molecule has 0 saturated heterocycles. The highest BCUT2D eigenvalue weighted by atomic mass is 35.5. The maximum absolute atomic E-state index is 11.0. The summed E-state index contributed by atoms with van der Waals surface area (Å²) < 4.78 is 6.23. The van der Waals surface area contributed by atoms with Crippen molar-refractivity contribution in [1.29, 1.82) is 0 Å². The summed E-state index contributed by atoms with van der Waals surface area (Å²) in [6, 6.07) is 22.8. The molecule has 4 aromatic rings.